The molecule has 3 aromatic rings. The number of carbonyl (C=O) groups excluding carboxylic acids is 1. The first-order valence-electron chi connectivity index (χ1n) is 8.38. The Balaban J connectivity index is 1.63. The van der Waals surface area contributed by atoms with Gasteiger partial charge in [-0.3, -0.25) is 9.69 Å². The summed E-state index contributed by atoms with van der Waals surface area (Å²) in [6.07, 6.45) is 0.886. The van der Waals surface area contributed by atoms with E-state index in [1.165, 1.54) is 11.3 Å². The van der Waals surface area contributed by atoms with Crippen LogP contribution >= 0.6 is 34.5 Å². The Morgan fingerprint density at radius 2 is 2.15 bits per heavy atom. The zero-order chi connectivity index (χ0) is 19.2. The molecule has 1 N–H and O–H groups in total. The highest BCUT2D eigenvalue weighted by atomic mass is 35.5. The lowest BCUT2D eigenvalue weighted by molar-refractivity contribution is -0.117. The normalized spacial score (nSPS) is 11.1. The molecule has 0 spiro atoms. The topological polar surface area (TPSA) is 71.3 Å². The molecule has 0 saturated heterocycles. The summed E-state index contributed by atoms with van der Waals surface area (Å²) < 4.78 is 5.72. The Labute approximate surface area is 171 Å². The molecule has 3 rings (SSSR count). The minimum Gasteiger partial charge on any atom is -0.419 e. The van der Waals surface area contributed by atoms with Gasteiger partial charge in [-0.15, -0.1) is 21.5 Å². The monoisotopic (exact) mass is 424 g/mol. The number of carbonyl (C=O) groups is 1. The van der Waals surface area contributed by atoms with Crippen molar-refractivity contribution in [3.05, 3.63) is 51.6 Å². The van der Waals surface area contributed by atoms with Gasteiger partial charge in [-0.1, -0.05) is 36.2 Å². The van der Waals surface area contributed by atoms with Crippen LogP contribution in [-0.2, 0) is 11.3 Å². The van der Waals surface area contributed by atoms with Crippen LogP contribution in [0.3, 0.4) is 0 Å². The third kappa shape index (κ3) is 5.52. The first kappa shape index (κ1) is 19.8. The largest absolute Gasteiger partial charge is 0.419 e. The van der Waals surface area contributed by atoms with Crippen LogP contribution in [0.25, 0.3) is 10.8 Å². The lowest BCUT2D eigenvalue weighted by Gasteiger charge is -2.19. The van der Waals surface area contributed by atoms with Crippen molar-refractivity contribution < 1.29 is 9.21 Å². The summed E-state index contributed by atoms with van der Waals surface area (Å²) in [5.74, 6) is 0.776. The molecule has 0 atom stereocenters. The van der Waals surface area contributed by atoms with Crippen molar-refractivity contribution in [2.75, 3.05) is 18.4 Å². The molecule has 9 heteroatoms. The van der Waals surface area contributed by atoms with Crippen molar-refractivity contribution in [1.82, 2.24) is 15.1 Å². The molecule has 2 aromatic heterocycles. The molecule has 6 nitrogen and oxygen atoms in total. The first-order valence-corrected chi connectivity index (χ1v) is 10.0. The molecular weight excluding hydrogens is 407 g/mol. The predicted molar refractivity (Wildman–Crippen MR) is 108 cm³/mol. The van der Waals surface area contributed by atoms with Crippen LogP contribution in [0.5, 0.6) is 0 Å². The van der Waals surface area contributed by atoms with E-state index < -0.39 is 0 Å². The maximum absolute atomic E-state index is 12.4. The van der Waals surface area contributed by atoms with E-state index in [9.17, 15) is 4.79 Å². The standard InChI is InChI=1S/C18H18Cl2N4O2S/c1-2-7-24(10-16(25)21-14-9-12(19)5-6-13(14)20)11-17-22-23-18(26-17)15-4-3-8-27-15/h3-6,8-9H,2,7,10-11H2,1H3,(H,21,25). The fourth-order valence-electron chi connectivity index (χ4n) is 2.52. The number of nitrogens with zero attached hydrogens (tertiary/aromatic N) is 3. The van der Waals surface area contributed by atoms with Crippen LogP contribution in [-0.4, -0.2) is 34.1 Å². The summed E-state index contributed by atoms with van der Waals surface area (Å²) >= 11 is 13.6. The number of anilines is 1. The van der Waals surface area contributed by atoms with Gasteiger partial charge in [-0.05, 0) is 42.6 Å². The number of rotatable bonds is 8. The molecular formula is C18H18Cl2N4O2S. The Morgan fingerprint density at radius 1 is 1.30 bits per heavy atom. The molecule has 27 heavy (non-hydrogen) atoms. The predicted octanol–water partition coefficient (Wildman–Crippen LogP) is 4.96. The van der Waals surface area contributed by atoms with Crippen molar-refractivity contribution >= 4 is 46.1 Å². The van der Waals surface area contributed by atoms with Crippen molar-refractivity contribution in [3.8, 4) is 10.8 Å². The number of hydrogen-bond donors (Lipinski definition) is 1. The number of nitrogens with one attached hydrogen (secondary N) is 1. The molecule has 1 aromatic carbocycles. The molecule has 0 radical (unpaired) electrons. The minimum atomic E-state index is -0.189. The summed E-state index contributed by atoms with van der Waals surface area (Å²) in [6, 6.07) is 8.79. The van der Waals surface area contributed by atoms with Gasteiger partial charge >= 0.3 is 0 Å². The number of amides is 1. The Bertz CT molecular complexity index is 899. The van der Waals surface area contributed by atoms with Gasteiger partial charge in [0.1, 0.15) is 0 Å². The third-order valence-electron chi connectivity index (χ3n) is 3.67. The van der Waals surface area contributed by atoms with E-state index in [0.717, 1.165) is 11.3 Å². The van der Waals surface area contributed by atoms with Crippen molar-refractivity contribution in [3.63, 3.8) is 0 Å². The SMILES string of the molecule is CCCN(CC(=O)Nc1cc(Cl)ccc1Cl)Cc1nnc(-c2cccs2)o1. The van der Waals surface area contributed by atoms with E-state index in [-0.39, 0.29) is 12.5 Å². The quantitative estimate of drug-likeness (QED) is 0.553. The van der Waals surface area contributed by atoms with Crippen LogP contribution < -0.4 is 5.32 Å². The Kier molecular flexibility index (Phi) is 6.84. The van der Waals surface area contributed by atoms with Gasteiger partial charge in [0.2, 0.25) is 11.8 Å². The lowest BCUT2D eigenvalue weighted by atomic mass is 10.3. The summed E-state index contributed by atoms with van der Waals surface area (Å²) in [7, 11) is 0. The molecule has 0 aliphatic carbocycles. The number of aromatic nitrogens is 2. The molecule has 2 heterocycles. The van der Waals surface area contributed by atoms with E-state index in [1.807, 2.05) is 29.3 Å². The average molecular weight is 425 g/mol. The highest BCUT2D eigenvalue weighted by molar-refractivity contribution is 7.13. The lowest BCUT2D eigenvalue weighted by Crippen LogP contribution is -2.33. The number of benzene rings is 1. The van der Waals surface area contributed by atoms with Crippen LogP contribution in [0.1, 0.15) is 19.2 Å². The van der Waals surface area contributed by atoms with E-state index in [1.54, 1.807) is 18.2 Å². The third-order valence-corrected chi connectivity index (χ3v) is 5.09. The number of hydrogen-bond acceptors (Lipinski definition) is 6. The highest BCUT2D eigenvalue weighted by Gasteiger charge is 2.16. The molecule has 0 saturated carbocycles. The molecule has 0 aliphatic heterocycles. The Morgan fingerprint density at radius 3 is 2.89 bits per heavy atom. The van der Waals surface area contributed by atoms with Gasteiger partial charge in [-0.25, -0.2) is 0 Å². The van der Waals surface area contributed by atoms with E-state index >= 15 is 0 Å². The second-order valence-electron chi connectivity index (χ2n) is 5.86. The number of halogens is 2. The van der Waals surface area contributed by atoms with Gasteiger partial charge < -0.3 is 9.73 Å². The van der Waals surface area contributed by atoms with E-state index in [0.29, 0.717) is 40.6 Å². The summed E-state index contributed by atoms with van der Waals surface area (Å²) in [4.78, 5) is 15.3. The van der Waals surface area contributed by atoms with Gasteiger partial charge in [0.05, 0.1) is 28.7 Å². The molecule has 142 valence electrons. The van der Waals surface area contributed by atoms with E-state index in [2.05, 4.69) is 15.5 Å². The smallest absolute Gasteiger partial charge is 0.257 e. The maximum atomic E-state index is 12.4. The fourth-order valence-corrected chi connectivity index (χ4v) is 3.51. The van der Waals surface area contributed by atoms with Gasteiger partial charge in [0.15, 0.2) is 0 Å². The molecule has 0 fully saturated rings. The fraction of sp³-hybridized carbons (Fsp3) is 0.278. The molecule has 0 aliphatic rings. The summed E-state index contributed by atoms with van der Waals surface area (Å²) in [6.45, 7) is 3.33. The second-order valence-corrected chi connectivity index (χ2v) is 7.65. The first-order chi connectivity index (χ1) is 13.0. The van der Waals surface area contributed by atoms with Crippen LogP contribution in [0, 0.1) is 0 Å². The highest BCUT2D eigenvalue weighted by Crippen LogP contribution is 2.26. The molecule has 0 bridgehead atoms. The van der Waals surface area contributed by atoms with Gasteiger partial charge in [-0.2, -0.15) is 0 Å². The van der Waals surface area contributed by atoms with Crippen molar-refractivity contribution in [1.29, 1.82) is 0 Å². The van der Waals surface area contributed by atoms with Crippen LogP contribution in [0.2, 0.25) is 10.0 Å². The van der Waals surface area contributed by atoms with Gasteiger partial charge in [0.25, 0.3) is 5.89 Å². The summed E-state index contributed by atoms with van der Waals surface area (Å²) in [5.41, 5.74) is 0.489. The van der Waals surface area contributed by atoms with Crippen LogP contribution in [0.15, 0.2) is 40.1 Å². The minimum absolute atomic E-state index is 0.174. The zero-order valence-corrected chi connectivity index (χ0v) is 16.9. The van der Waals surface area contributed by atoms with Crippen LogP contribution in [0.4, 0.5) is 5.69 Å². The molecule has 0 unspecified atom stereocenters. The second kappa shape index (κ2) is 9.32. The van der Waals surface area contributed by atoms with E-state index in [4.69, 9.17) is 27.6 Å². The summed E-state index contributed by atoms with van der Waals surface area (Å²) in [5, 5.41) is 13.9. The Hall–Kier alpha value is -1.93. The maximum Gasteiger partial charge on any atom is 0.257 e. The molecule has 1 amide bonds. The van der Waals surface area contributed by atoms with Gasteiger partial charge in [0, 0.05) is 5.02 Å². The van der Waals surface area contributed by atoms with Crippen molar-refractivity contribution in [2.45, 2.75) is 19.9 Å². The number of thiophene rings is 1. The zero-order valence-electron chi connectivity index (χ0n) is 14.6. The average Bonchev–Trinajstić information content (AvgIpc) is 3.29. The van der Waals surface area contributed by atoms with Crippen molar-refractivity contribution in [2.24, 2.45) is 0 Å².